The molecule has 0 bridgehead atoms. The highest BCUT2D eigenvalue weighted by Gasteiger charge is 2.22. The summed E-state index contributed by atoms with van der Waals surface area (Å²) in [6.07, 6.45) is 0. The van der Waals surface area contributed by atoms with Gasteiger partial charge >= 0.3 is 0 Å². The van der Waals surface area contributed by atoms with Crippen molar-refractivity contribution in [2.75, 3.05) is 4.72 Å². The lowest BCUT2D eigenvalue weighted by Crippen LogP contribution is -2.17. The molecule has 0 aliphatic carbocycles. The van der Waals surface area contributed by atoms with Gasteiger partial charge in [0.05, 0.1) is 15.5 Å². The first-order valence-corrected chi connectivity index (χ1v) is 8.87. The molecule has 0 heterocycles. The van der Waals surface area contributed by atoms with Crippen LogP contribution in [0, 0.1) is 44.7 Å². The average molecular weight is 348 g/mol. The van der Waals surface area contributed by atoms with Crippen LogP contribution in [0.4, 0.5) is 11.4 Å². The van der Waals surface area contributed by atoms with Crippen LogP contribution in [0.1, 0.15) is 27.8 Å². The number of aryl methyl sites for hydroxylation is 5. The molecule has 128 valence electrons. The molecule has 0 saturated carbocycles. The molecule has 0 spiro atoms. The van der Waals surface area contributed by atoms with Crippen molar-refractivity contribution in [3.8, 4) is 0 Å². The predicted octanol–water partition coefficient (Wildman–Crippen LogP) is 3.94. The molecule has 2 rings (SSSR count). The molecule has 0 atom stereocenters. The zero-order valence-corrected chi connectivity index (χ0v) is 15.1. The lowest BCUT2D eigenvalue weighted by molar-refractivity contribution is -0.385. The maximum atomic E-state index is 12.8. The molecule has 0 amide bonds. The molecule has 0 unspecified atom stereocenters. The van der Waals surface area contributed by atoms with E-state index in [9.17, 15) is 18.5 Å². The first-order chi connectivity index (χ1) is 11.0. The van der Waals surface area contributed by atoms with Crippen molar-refractivity contribution >= 4 is 21.4 Å². The largest absolute Gasteiger partial charge is 0.279 e. The maximum Gasteiger partial charge on any atom is 0.274 e. The van der Waals surface area contributed by atoms with Gasteiger partial charge in [-0.2, -0.15) is 0 Å². The van der Waals surface area contributed by atoms with Crippen LogP contribution in [0.25, 0.3) is 0 Å². The van der Waals surface area contributed by atoms with Gasteiger partial charge in [-0.1, -0.05) is 17.7 Å². The third-order valence-corrected chi connectivity index (χ3v) is 5.53. The molecule has 0 radical (unpaired) electrons. The van der Waals surface area contributed by atoms with Crippen molar-refractivity contribution in [3.05, 3.63) is 62.2 Å². The van der Waals surface area contributed by atoms with E-state index >= 15 is 0 Å². The van der Waals surface area contributed by atoms with E-state index in [2.05, 4.69) is 4.72 Å². The standard InChI is InChI=1S/C17H20N2O4S/c1-10-6-13(4)17(14(5)7-10)24(22,23)18-15-9-16(19(20)21)12(3)8-11(15)2/h6-9,18H,1-5H3. The molecule has 0 saturated heterocycles. The molecule has 6 nitrogen and oxygen atoms in total. The summed E-state index contributed by atoms with van der Waals surface area (Å²) in [7, 11) is -3.84. The smallest absolute Gasteiger partial charge is 0.274 e. The summed E-state index contributed by atoms with van der Waals surface area (Å²) in [6, 6.07) is 6.46. The van der Waals surface area contributed by atoms with E-state index in [-0.39, 0.29) is 16.3 Å². The van der Waals surface area contributed by atoms with Crippen LogP contribution in [-0.4, -0.2) is 13.3 Å². The second kappa shape index (κ2) is 6.24. The van der Waals surface area contributed by atoms with E-state index in [0.29, 0.717) is 22.3 Å². The van der Waals surface area contributed by atoms with Gasteiger partial charge in [-0.15, -0.1) is 0 Å². The zero-order valence-electron chi connectivity index (χ0n) is 14.3. The number of benzene rings is 2. The van der Waals surface area contributed by atoms with E-state index in [4.69, 9.17) is 0 Å². The van der Waals surface area contributed by atoms with Crippen molar-refractivity contribution in [2.45, 2.75) is 39.5 Å². The Morgan fingerprint density at radius 3 is 1.92 bits per heavy atom. The molecule has 0 aliphatic rings. The van der Waals surface area contributed by atoms with Gasteiger partial charge in [-0.25, -0.2) is 8.42 Å². The van der Waals surface area contributed by atoms with Crippen LogP contribution in [-0.2, 0) is 10.0 Å². The highest BCUT2D eigenvalue weighted by molar-refractivity contribution is 7.92. The average Bonchev–Trinajstić information content (AvgIpc) is 2.39. The molecule has 1 N–H and O–H groups in total. The summed E-state index contributed by atoms with van der Waals surface area (Å²) in [5.74, 6) is 0. The summed E-state index contributed by atoms with van der Waals surface area (Å²) in [5, 5.41) is 11.1. The summed E-state index contributed by atoms with van der Waals surface area (Å²) in [5.41, 5.74) is 3.47. The number of hydrogen-bond donors (Lipinski definition) is 1. The van der Waals surface area contributed by atoms with Crippen molar-refractivity contribution in [2.24, 2.45) is 0 Å². The van der Waals surface area contributed by atoms with Crippen LogP contribution in [0.5, 0.6) is 0 Å². The summed E-state index contributed by atoms with van der Waals surface area (Å²) >= 11 is 0. The van der Waals surface area contributed by atoms with Gasteiger partial charge in [0.2, 0.25) is 0 Å². The van der Waals surface area contributed by atoms with E-state index in [0.717, 1.165) is 5.56 Å². The number of nitro groups is 1. The quantitative estimate of drug-likeness (QED) is 0.669. The second-order valence-electron chi connectivity index (χ2n) is 6.04. The Kier molecular flexibility index (Phi) is 4.66. The Bertz CT molecular complexity index is 911. The monoisotopic (exact) mass is 348 g/mol. The highest BCUT2D eigenvalue weighted by atomic mass is 32.2. The first-order valence-electron chi connectivity index (χ1n) is 7.39. The van der Waals surface area contributed by atoms with Crippen LogP contribution in [0.2, 0.25) is 0 Å². The lowest BCUT2D eigenvalue weighted by atomic mass is 10.1. The molecule has 0 fully saturated rings. The van der Waals surface area contributed by atoms with Crippen LogP contribution >= 0.6 is 0 Å². The number of anilines is 1. The number of nitrogens with one attached hydrogen (secondary N) is 1. The van der Waals surface area contributed by atoms with Crippen molar-refractivity contribution in [1.82, 2.24) is 0 Å². The molecule has 0 aliphatic heterocycles. The molecule has 7 heteroatoms. The lowest BCUT2D eigenvalue weighted by Gasteiger charge is -2.15. The summed E-state index contributed by atoms with van der Waals surface area (Å²) in [4.78, 5) is 10.8. The molecule has 0 aromatic heterocycles. The summed E-state index contributed by atoms with van der Waals surface area (Å²) in [6.45, 7) is 8.70. The fourth-order valence-corrected chi connectivity index (χ4v) is 4.51. The molecule has 24 heavy (non-hydrogen) atoms. The fourth-order valence-electron chi connectivity index (χ4n) is 2.93. The maximum absolute atomic E-state index is 12.8. The Morgan fingerprint density at radius 1 is 0.875 bits per heavy atom. The van der Waals surface area contributed by atoms with Gasteiger partial charge < -0.3 is 0 Å². The van der Waals surface area contributed by atoms with Crippen molar-refractivity contribution in [1.29, 1.82) is 0 Å². The molecule has 2 aromatic carbocycles. The molecule has 2 aromatic rings. The van der Waals surface area contributed by atoms with Gasteiger partial charge in [0.1, 0.15) is 0 Å². The van der Waals surface area contributed by atoms with Gasteiger partial charge in [0.25, 0.3) is 15.7 Å². The number of hydrogen-bond acceptors (Lipinski definition) is 4. The Labute approximate surface area is 141 Å². The van der Waals surface area contributed by atoms with E-state index in [1.165, 1.54) is 6.07 Å². The Balaban J connectivity index is 2.55. The third-order valence-electron chi connectivity index (χ3n) is 3.86. The minimum Gasteiger partial charge on any atom is -0.279 e. The normalized spacial score (nSPS) is 11.4. The van der Waals surface area contributed by atoms with Crippen molar-refractivity contribution in [3.63, 3.8) is 0 Å². The minimum absolute atomic E-state index is 0.115. The first kappa shape index (κ1) is 17.9. The van der Waals surface area contributed by atoms with Crippen LogP contribution < -0.4 is 4.72 Å². The number of nitrogens with zero attached hydrogens (tertiary/aromatic N) is 1. The molecular formula is C17H20N2O4S. The van der Waals surface area contributed by atoms with Crippen LogP contribution in [0.3, 0.4) is 0 Å². The van der Waals surface area contributed by atoms with E-state index in [1.807, 2.05) is 6.92 Å². The highest BCUT2D eigenvalue weighted by Crippen LogP contribution is 2.30. The van der Waals surface area contributed by atoms with Gasteiger partial charge in [-0.3, -0.25) is 14.8 Å². The van der Waals surface area contributed by atoms with Gasteiger partial charge in [0, 0.05) is 11.6 Å². The summed E-state index contributed by atoms with van der Waals surface area (Å²) < 4.78 is 28.1. The zero-order chi connectivity index (χ0) is 18.2. The topological polar surface area (TPSA) is 89.3 Å². The SMILES string of the molecule is Cc1cc(C)c(S(=O)(=O)Nc2cc([N+](=O)[O-])c(C)cc2C)c(C)c1. The predicted molar refractivity (Wildman–Crippen MR) is 94.0 cm³/mol. The van der Waals surface area contributed by atoms with Gasteiger partial charge in [-0.05, 0) is 57.4 Å². The number of nitro benzene ring substituents is 1. The second-order valence-corrected chi connectivity index (χ2v) is 7.66. The number of rotatable bonds is 4. The van der Waals surface area contributed by atoms with Crippen molar-refractivity contribution < 1.29 is 13.3 Å². The Morgan fingerprint density at radius 2 is 1.42 bits per heavy atom. The van der Waals surface area contributed by atoms with Gasteiger partial charge in [0.15, 0.2) is 0 Å². The Hall–Kier alpha value is -2.41. The van der Waals surface area contributed by atoms with E-state index in [1.54, 1.807) is 45.9 Å². The molecular weight excluding hydrogens is 328 g/mol. The number of sulfonamides is 1. The fraction of sp³-hybridized carbons (Fsp3) is 0.294. The van der Waals surface area contributed by atoms with Crippen LogP contribution in [0.15, 0.2) is 29.2 Å². The minimum atomic E-state index is -3.84. The van der Waals surface area contributed by atoms with E-state index < -0.39 is 14.9 Å². The third kappa shape index (κ3) is 3.41.